The van der Waals surface area contributed by atoms with Gasteiger partial charge < -0.3 is 32.5 Å². The van der Waals surface area contributed by atoms with Crippen molar-refractivity contribution in [2.75, 3.05) is 0 Å². The van der Waals surface area contributed by atoms with Crippen LogP contribution >= 0.6 is 0 Å². The lowest BCUT2D eigenvalue weighted by Crippen LogP contribution is -3.00. The summed E-state index contributed by atoms with van der Waals surface area (Å²) >= 11 is 0. The maximum atomic E-state index is 11.2. The third-order valence-corrected chi connectivity index (χ3v) is 3.23. The fourth-order valence-electron chi connectivity index (χ4n) is 2.14. The summed E-state index contributed by atoms with van der Waals surface area (Å²) in [5.74, 6) is 0. The molecule has 0 bridgehead atoms. The van der Waals surface area contributed by atoms with Gasteiger partial charge in [0.1, 0.15) is 5.65 Å². The summed E-state index contributed by atoms with van der Waals surface area (Å²) in [6.45, 7) is 5.29. The Kier molecular flexibility index (Phi) is 6.87. The SMILES string of the molecule is Cc1cc2c(=O)[nH]cnc2[nH]1.Cc1nc[nH]c(=O)c1CC(C)O.[Cl-]. The Bertz CT molecular complexity index is 913. The van der Waals surface area contributed by atoms with Gasteiger partial charge in [0.2, 0.25) is 0 Å². The number of fused-ring (bicyclic) bond motifs is 1. The van der Waals surface area contributed by atoms with E-state index >= 15 is 0 Å². The minimum atomic E-state index is -0.506. The number of H-pyrrole nitrogens is 3. The molecule has 0 aliphatic heterocycles. The number of aromatic nitrogens is 5. The monoisotopic (exact) mass is 352 g/mol. The molecule has 0 saturated carbocycles. The predicted molar refractivity (Wildman–Crippen MR) is 86.4 cm³/mol. The molecular formula is C15H19ClN5O3-. The molecule has 4 N–H and O–H groups in total. The Morgan fingerprint density at radius 1 is 1.12 bits per heavy atom. The summed E-state index contributed by atoms with van der Waals surface area (Å²) in [7, 11) is 0. The van der Waals surface area contributed by atoms with Gasteiger partial charge in [0.25, 0.3) is 11.1 Å². The van der Waals surface area contributed by atoms with Crippen molar-refractivity contribution >= 4 is 11.0 Å². The molecule has 0 saturated heterocycles. The topological polar surface area (TPSA) is 128 Å². The van der Waals surface area contributed by atoms with Gasteiger partial charge in [0, 0.05) is 23.4 Å². The number of aryl methyl sites for hydroxylation is 2. The first-order valence-electron chi connectivity index (χ1n) is 7.12. The van der Waals surface area contributed by atoms with Crippen molar-refractivity contribution in [1.29, 1.82) is 0 Å². The fourth-order valence-corrected chi connectivity index (χ4v) is 2.14. The van der Waals surface area contributed by atoms with E-state index in [-0.39, 0.29) is 23.5 Å². The van der Waals surface area contributed by atoms with Crippen LogP contribution in [0, 0.1) is 13.8 Å². The van der Waals surface area contributed by atoms with E-state index in [9.17, 15) is 9.59 Å². The molecule has 0 radical (unpaired) electrons. The van der Waals surface area contributed by atoms with Crippen molar-refractivity contribution in [2.24, 2.45) is 0 Å². The lowest BCUT2D eigenvalue weighted by molar-refractivity contribution is -0.00000775. The van der Waals surface area contributed by atoms with Crippen LogP contribution in [-0.4, -0.2) is 36.1 Å². The van der Waals surface area contributed by atoms with Gasteiger partial charge in [0.15, 0.2) is 0 Å². The van der Waals surface area contributed by atoms with E-state index < -0.39 is 6.10 Å². The van der Waals surface area contributed by atoms with Crippen LogP contribution in [0.2, 0.25) is 0 Å². The molecule has 3 rings (SSSR count). The summed E-state index contributed by atoms with van der Waals surface area (Å²) in [4.78, 5) is 38.1. The zero-order valence-corrected chi connectivity index (χ0v) is 14.3. The third-order valence-electron chi connectivity index (χ3n) is 3.23. The number of aromatic amines is 3. The van der Waals surface area contributed by atoms with E-state index in [0.29, 0.717) is 28.7 Å². The molecule has 0 aliphatic rings. The van der Waals surface area contributed by atoms with Crippen molar-refractivity contribution in [3.05, 3.63) is 56.4 Å². The molecule has 3 aromatic rings. The Balaban J connectivity index is 0.000000231. The van der Waals surface area contributed by atoms with Gasteiger partial charge in [-0.25, -0.2) is 9.97 Å². The quantitative estimate of drug-likeness (QED) is 0.407. The maximum absolute atomic E-state index is 11.2. The molecule has 0 amide bonds. The summed E-state index contributed by atoms with van der Waals surface area (Å²) in [5, 5.41) is 9.69. The standard InChI is InChI=1S/C8H12N2O2.C7H7N3O.ClH/c1-5(11)3-7-6(2)9-4-10-8(7)12;1-4-2-5-6(10-4)8-3-9-7(5)11;/h4-5,11H,3H2,1-2H3,(H,9,10,12);2-3H,1H3,(H2,8,9,10,11);1H/p-1. The van der Waals surface area contributed by atoms with Crippen LogP contribution in [0.4, 0.5) is 0 Å². The Labute approximate surface area is 143 Å². The van der Waals surface area contributed by atoms with Crippen LogP contribution in [-0.2, 0) is 6.42 Å². The number of nitrogens with zero attached hydrogens (tertiary/aromatic N) is 2. The highest BCUT2D eigenvalue weighted by Crippen LogP contribution is 2.05. The number of rotatable bonds is 2. The molecular weight excluding hydrogens is 334 g/mol. The van der Waals surface area contributed by atoms with Crippen LogP contribution < -0.4 is 23.5 Å². The fraction of sp³-hybridized carbons (Fsp3) is 0.333. The highest BCUT2D eigenvalue weighted by Gasteiger charge is 2.07. The Morgan fingerprint density at radius 2 is 1.75 bits per heavy atom. The van der Waals surface area contributed by atoms with Gasteiger partial charge in [0.05, 0.1) is 24.1 Å². The van der Waals surface area contributed by atoms with E-state index in [1.54, 1.807) is 19.9 Å². The zero-order valence-electron chi connectivity index (χ0n) is 13.6. The highest BCUT2D eigenvalue weighted by molar-refractivity contribution is 5.74. The lowest BCUT2D eigenvalue weighted by atomic mass is 10.1. The summed E-state index contributed by atoms with van der Waals surface area (Å²) in [6.07, 6.45) is 2.60. The van der Waals surface area contributed by atoms with E-state index in [4.69, 9.17) is 5.11 Å². The van der Waals surface area contributed by atoms with Gasteiger partial charge >= 0.3 is 0 Å². The molecule has 0 aliphatic carbocycles. The summed E-state index contributed by atoms with van der Waals surface area (Å²) < 4.78 is 0. The van der Waals surface area contributed by atoms with Gasteiger partial charge in [-0.3, -0.25) is 9.59 Å². The number of aliphatic hydroxyl groups excluding tert-OH is 1. The normalized spacial score (nSPS) is 11.3. The van der Waals surface area contributed by atoms with E-state index in [0.717, 1.165) is 5.69 Å². The molecule has 0 aromatic carbocycles. The van der Waals surface area contributed by atoms with E-state index in [1.807, 2.05) is 6.92 Å². The number of hydrogen-bond acceptors (Lipinski definition) is 5. The largest absolute Gasteiger partial charge is 1.00 e. The lowest BCUT2D eigenvalue weighted by Gasteiger charge is -2.04. The molecule has 3 heterocycles. The zero-order chi connectivity index (χ0) is 17.0. The minimum absolute atomic E-state index is 0. The smallest absolute Gasteiger partial charge is 0.260 e. The van der Waals surface area contributed by atoms with Crippen molar-refractivity contribution in [2.45, 2.75) is 33.3 Å². The Morgan fingerprint density at radius 3 is 2.33 bits per heavy atom. The predicted octanol–water partition coefficient (Wildman–Crippen LogP) is -2.43. The number of aliphatic hydroxyl groups is 1. The number of halogens is 1. The second kappa shape index (κ2) is 8.42. The third kappa shape index (κ3) is 4.77. The van der Waals surface area contributed by atoms with Crippen molar-refractivity contribution in [3.8, 4) is 0 Å². The first-order chi connectivity index (χ1) is 10.9. The van der Waals surface area contributed by atoms with Crippen LogP contribution in [0.15, 0.2) is 28.3 Å². The van der Waals surface area contributed by atoms with Gasteiger partial charge in [-0.2, -0.15) is 0 Å². The molecule has 24 heavy (non-hydrogen) atoms. The summed E-state index contributed by atoms with van der Waals surface area (Å²) in [6, 6.07) is 1.78. The molecule has 0 spiro atoms. The second-order valence-corrected chi connectivity index (χ2v) is 5.30. The van der Waals surface area contributed by atoms with Crippen molar-refractivity contribution in [1.82, 2.24) is 24.9 Å². The van der Waals surface area contributed by atoms with Crippen LogP contribution in [0.1, 0.15) is 23.9 Å². The maximum Gasteiger partial charge on any atom is 0.260 e. The van der Waals surface area contributed by atoms with Crippen molar-refractivity contribution < 1.29 is 17.5 Å². The van der Waals surface area contributed by atoms with Crippen LogP contribution in [0.25, 0.3) is 11.0 Å². The molecule has 1 atom stereocenters. The average molecular weight is 353 g/mol. The minimum Gasteiger partial charge on any atom is -1.00 e. The molecule has 9 heteroatoms. The Hall–Kier alpha value is -2.45. The molecule has 3 aromatic heterocycles. The number of nitrogens with one attached hydrogen (secondary N) is 3. The van der Waals surface area contributed by atoms with Crippen LogP contribution in [0.3, 0.4) is 0 Å². The summed E-state index contributed by atoms with van der Waals surface area (Å²) in [5.41, 5.74) is 2.57. The van der Waals surface area contributed by atoms with Gasteiger partial charge in [-0.05, 0) is 26.8 Å². The molecule has 130 valence electrons. The van der Waals surface area contributed by atoms with E-state index in [1.165, 1.54) is 12.7 Å². The molecule has 0 fully saturated rings. The first kappa shape index (κ1) is 19.6. The van der Waals surface area contributed by atoms with Crippen LogP contribution in [0.5, 0.6) is 0 Å². The molecule has 8 nitrogen and oxygen atoms in total. The van der Waals surface area contributed by atoms with E-state index in [2.05, 4.69) is 24.9 Å². The van der Waals surface area contributed by atoms with Gasteiger partial charge in [-0.15, -0.1) is 0 Å². The highest BCUT2D eigenvalue weighted by atomic mass is 35.5. The van der Waals surface area contributed by atoms with Crippen molar-refractivity contribution in [3.63, 3.8) is 0 Å². The average Bonchev–Trinajstić information content (AvgIpc) is 2.86. The van der Waals surface area contributed by atoms with Gasteiger partial charge in [-0.1, -0.05) is 0 Å². The molecule has 1 unspecified atom stereocenters. The first-order valence-corrected chi connectivity index (χ1v) is 7.12. The second-order valence-electron chi connectivity index (χ2n) is 5.30. The number of hydrogen-bond donors (Lipinski definition) is 4.